The molecule has 1 heterocycles. The predicted octanol–water partition coefficient (Wildman–Crippen LogP) is 1.97. The number of alkyl halides is 3. The van der Waals surface area contributed by atoms with Gasteiger partial charge in [0.2, 0.25) is 0 Å². The normalized spacial score (nSPS) is 11.6. The van der Waals surface area contributed by atoms with Gasteiger partial charge in [-0.3, -0.25) is 4.79 Å². The van der Waals surface area contributed by atoms with Gasteiger partial charge in [-0.25, -0.2) is 4.68 Å². The number of nitrogens with zero attached hydrogens (tertiary/aromatic N) is 3. The SMILES string of the molecule is O=C(O)Cc1cn(Cc2cccc(C(F)(F)F)c2)nn1. The topological polar surface area (TPSA) is 68.0 Å². The summed E-state index contributed by atoms with van der Waals surface area (Å²) in [7, 11) is 0. The lowest BCUT2D eigenvalue weighted by Crippen LogP contribution is -2.07. The number of carboxylic acid groups (broad SMARTS) is 1. The van der Waals surface area contributed by atoms with Crippen molar-refractivity contribution >= 4 is 5.97 Å². The first-order valence-electron chi connectivity index (χ1n) is 5.61. The number of benzene rings is 1. The van der Waals surface area contributed by atoms with Crippen LogP contribution in [-0.4, -0.2) is 26.1 Å². The summed E-state index contributed by atoms with van der Waals surface area (Å²) in [6.07, 6.45) is -3.27. The van der Waals surface area contributed by atoms with Crippen LogP contribution < -0.4 is 0 Å². The van der Waals surface area contributed by atoms with Gasteiger partial charge in [0.25, 0.3) is 0 Å². The van der Waals surface area contributed by atoms with E-state index in [1.807, 2.05) is 0 Å². The molecule has 1 aromatic carbocycles. The van der Waals surface area contributed by atoms with Crippen molar-refractivity contribution in [3.05, 3.63) is 47.3 Å². The third kappa shape index (κ3) is 3.56. The highest BCUT2D eigenvalue weighted by atomic mass is 19.4. The average molecular weight is 285 g/mol. The number of hydrogen-bond donors (Lipinski definition) is 1. The molecule has 106 valence electrons. The molecule has 1 N–H and O–H groups in total. The minimum atomic E-state index is -4.40. The van der Waals surface area contributed by atoms with E-state index in [1.165, 1.54) is 23.0 Å². The molecular weight excluding hydrogens is 275 g/mol. The number of carboxylic acids is 1. The van der Waals surface area contributed by atoms with Crippen LogP contribution in [-0.2, 0) is 23.9 Å². The monoisotopic (exact) mass is 285 g/mol. The molecule has 0 atom stereocenters. The average Bonchev–Trinajstić information content (AvgIpc) is 2.75. The number of carbonyl (C=O) groups is 1. The molecule has 0 spiro atoms. The third-order valence-electron chi connectivity index (χ3n) is 2.52. The Morgan fingerprint density at radius 3 is 2.75 bits per heavy atom. The van der Waals surface area contributed by atoms with Crippen LogP contribution in [0.2, 0.25) is 0 Å². The van der Waals surface area contributed by atoms with Crippen molar-refractivity contribution in [3.63, 3.8) is 0 Å². The summed E-state index contributed by atoms with van der Waals surface area (Å²) in [5.74, 6) is -1.05. The summed E-state index contributed by atoms with van der Waals surface area (Å²) in [6, 6.07) is 4.86. The van der Waals surface area contributed by atoms with Crippen molar-refractivity contribution in [1.29, 1.82) is 0 Å². The summed E-state index contributed by atoms with van der Waals surface area (Å²) < 4.78 is 39.0. The van der Waals surface area contributed by atoms with E-state index < -0.39 is 17.7 Å². The van der Waals surface area contributed by atoms with E-state index in [-0.39, 0.29) is 18.7 Å². The van der Waals surface area contributed by atoms with Crippen molar-refractivity contribution in [3.8, 4) is 0 Å². The van der Waals surface area contributed by atoms with Gasteiger partial charge in [-0.2, -0.15) is 13.2 Å². The highest BCUT2D eigenvalue weighted by Gasteiger charge is 2.30. The van der Waals surface area contributed by atoms with E-state index in [0.717, 1.165) is 12.1 Å². The maximum absolute atomic E-state index is 12.6. The molecule has 0 radical (unpaired) electrons. The minimum Gasteiger partial charge on any atom is -0.481 e. The summed E-state index contributed by atoms with van der Waals surface area (Å²) in [6.45, 7) is 0.0938. The molecule has 2 rings (SSSR count). The molecule has 20 heavy (non-hydrogen) atoms. The Morgan fingerprint density at radius 2 is 2.10 bits per heavy atom. The fourth-order valence-electron chi connectivity index (χ4n) is 1.68. The van der Waals surface area contributed by atoms with Crippen LogP contribution in [0.4, 0.5) is 13.2 Å². The highest BCUT2D eigenvalue weighted by molar-refractivity contribution is 5.69. The summed E-state index contributed by atoms with van der Waals surface area (Å²) in [4.78, 5) is 10.5. The zero-order chi connectivity index (χ0) is 14.8. The third-order valence-corrected chi connectivity index (χ3v) is 2.52. The highest BCUT2D eigenvalue weighted by Crippen LogP contribution is 2.29. The van der Waals surface area contributed by atoms with Gasteiger partial charge in [0.1, 0.15) is 0 Å². The molecule has 2 aromatic rings. The maximum atomic E-state index is 12.6. The zero-order valence-electron chi connectivity index (χ0n) is 10.1. The van der Waals surface area contributed by atoms with Gasteiger partial charge in [0, 0.05) is 6.20 Å². The van der Waals surface area contributed by atoms with Gasteiger partial charge in [-0.1, -0.05) is 17.3 Å². The van der Waals surface area contributed by atoms with Crippen molar-refractivity contribution in [2.24, 2.45) is 0 Å². The largest absolute Gasteiger partial charge is 0.481 e. The Kier molecular flexibility index (Phi) is 3.73. The van der Waals surface area contributed by atoms with Gasteiger partial charge in [-0.05, 0) is 17.7 Å². The first kappa shape index (κ1) is 14.0. The molecule has 0 aliphatic heterocycles. The Balaban J connectivity index is 2.14. The van der Waals surface area contributed by atoms with E-state index in [9.17, 15) is 18.0 Å². The lowest BCUT2D eigenvalue weighted by atomic mass is 10.1. The smallest absolute Gasteiger partial charge is 0.416 e. The number of rotatable bonds is 4. The van der Waals surface area contributed by atoms with Crippen molar-refractivity contribution in [1.82, 2.24) is 15.0 Å². The Morgan fingerprint density at radius 1 is 1.35 bits per heavy atom. The second-order valence-corrected chi connectivity index (χ2v) is 4.18. The molecule has 0 aliphatic rings. The standard InChI is InChI=1S/C12H10F3N3O2/c13-12(14,15)9-3-1-2-8(4-9)6-18-7-10(16-17-18)5-11(19)20/h1-4,7H,5-6H2,(H,19,20). The lowest BCUT2D eigenvalue weighted by molar-refractivity contribution is -0.138. The molecule has 0 unspecified atom stereocenters. The fourth-order valence-corrected chi connectivity index (χ4v) is 1.68. The van der Waals surface area contributed by atoms with E-state index >= 15 is 0 Å². The molecule has 0 fully saturated rings. The predicted molar refractivity (Wildman–Crippen MR) is 61.9 cm³/mol. The number of aromatic nitrogens is 3. The number of aliphatic carboxylic acids is 1. The molecule has 1 aromatic heterocycles. The van der Waals surface area contributed by atoms with E-state index in [1.54, 1.807) is 0 Å². The van der Waals surface area contributed by atoms with Gasteiger partial charge in [0.05, 0.1) is 24.2 Å². The van der Waals surface area contributed by atoms with Crippen LogP contribution in [0.15, 0.2) is 30.5 Å². The molecule has 0 saturated carbocycles. The van der Waals surface area contributed by atoms with Crippen LogP contribution in [0.3, 0.4) is 0 Å². The van der Waals surface area contributed by atoms with Gasteiger partial charge < -0.3 is 5.11 Å². The zero-order valence-corrected chi connectivity index (χ0v) is 10.1. The second kappa shape index (κ2) is 5.32. The first-order valence-corrected chi connectivity index (χ1v) is 5.61. The number of hydrogen-bond acceptors (Lipinski definition) is 3. The van der Waals surface area contributed by atoms with E-state index in [4.69, 9.17) is 5.11 Å². The quantitative estimate of drug-likeness (QED) is 0.932. The maximum Gasteiger partial charge on any atom is 0.416 e. The van der Waals surface area contributed by atoms with Gasteiger partial charge in [-0.15, -0.1) is 5.10 Å². The lowest BCUT2D eigenvalue weighted by Gasteiger charge is -2.08. The Labute approximate surface area is 111 Å². The summed E-state index contributed by atoms with van der Waals surface area (Å²) >= 11 is 0. The van der Waals surface area contributed by atoms with Crippen LogP contribution in [0, 0.1) is 0 Å². The molecule has 8 heteroatoms. The Bertz CT molecular complexity index is 622. The molecule has 0 amide bonds. The summed E-state index contributed by atoms with van der Waals surface area (Å²) in [5.41, 5.74) is -0.0723. The van der Waals surface area contributed by atoms with Crippen molar-refractivity contribution in [2.75, 3.05) is 0 Å². The van der Waals surface area contributed by atoms with Gasteiger partial charge in [0.15, 0.2) is 0 Å². The second-order valence-electron chi connectivity index (χ2n) is 4.18. The number of halogens is 3. The first-order chi connectivity index (χ1) is 9.34. The van der Waals surface area contributed by atoms with E-state index in [0.29, 0.717) is 5.56 Å². The summed E-state index contributed by atoms with van der Waals surface area (Å²) in [5, 5.41) is 15.9. The minimum absolute atomic E-state index is 0.0938. The van der Waals surface area contributed by atoms with Crippen LogP contribution in [0.1, 0.15) is 16.8 Å². The molecule has 0 aliphatic carbocycles. The molecular formula is C12H10F3N3O2. The fraction of sp³-hybridized carbons (Fsp3) is 0.250. The molecule has 0 bridgehead atoms. The van der Waals surface area contributed by atoms with Crippen LogP contribution in [0.5, 0.6) is 0 Å². The van der Waals surface area contributed by atoms with E-state index in [2.05, 4.69) is 10.3 Å². The van der Waals surface area contributed by atoms with Crippen LogP contribution in [0.25, 0.3) is 0 Å². The molecule has 5 nitrogen and oxygen atoms in total. The molecule has 0 saturated heterocycles. The van der Waals surface area contributed by atoms with Crippen LogP contribution >= 0.6 is 0 Å². The van der Waals surface area contributed by atoms with Gasteiger partial charge >= 0.3 is 12.1 Å². The van der Waals surface area contributed by atoms with Crippen molar-refractivity contribution in [2.45, 2.75) is 19.1 Å². The van der Waals surface area contributed by atoms with Crippen molar-refractivity contribution < 1.29 is 23.1 Å². The Hall–Kier alpha value is -2.38.